The fourth-order valence-corrected chi connectivity index (χ4v) is 4.76. The Bertz CT molecular complexity index is 1130. The highest BCUT2D eigenvalue weighted by Gasteiger charge is 2.38. The maximum absolute atomic E-state index is 15.6. The minimum Gasteiger partial charge on any atom is -0.376 e. The van der Waals surface area contributed by atoms with E-state index in [2.05, 4.69) is 10.6 Å². The van der Waals surface area contributed by atoms with Crippen LogP contribution in [0.2, 0.25) is 0 Å². The van der Waals surface area contributed by atoms with E-state index < -0.39 is 5.67 Å². The molecule has 2 aromatic carbocycles. The number of urea groups is 1. The fourth-order valence-electron chi connectivity index (χ4n) is 4.76. The van der Waals surface area contributed by atoms with Gasteiger partial charge in [0.1, 0.15) is 5.67 Å². The molecule has 0 aliphatic carbocycles. The smallest absolute Gasteiger partial charge is 0.319 e. The van der Waals surface area contributed by atoms with E-state index in [9.17, 15) is 9.59 Å². The second-order valence-electron chi connectivity index (χ2n) is 9.40. The summed E-state index contributed by atoms with van der Waals surface area (Å²) in [4.78, 5) is 27.4. The number of aryl methyl sites for hydroxylation is 2. The van der Waals surface area contributed by atoms with E-state index in [0.717, 1.165) is 30.6 Å². The summed E-state index contributed by atoms with van der Waals surface area (Å²) in [5.74, 6) is -0.174. The lowest BCUT2D eigenvalue weighted by Crippen LogP contribution is -2.43. The van der Waals surface area contributed by atoms with Crippen molar-refractivity contribution in [1.29, 1.82) is 5.26 Å². The van der Waals surface area contributed by atoms with Crippen LogP contribution in [0.3, 0.4) is 0 Å². The van der Waals surface area contributed by atoms with E-state index in [-0.39, 0.29) is 44.0 Å². The van der Waals surface area contributed by atoms with Crippen LogP contribution in [0.4, 0.5) is 14.9 Å². The van der Waals surface area contributed by atoms with Crippen LogP contribution in [0.1, 0.15) is 58.3 Å². The number of amides is 3. The summed E-state index contributed by atoms with van der Waals surface area (Å²) < 4.78 is 21.2. The molecule has 35 heavy (non-hydrogen) atoms. The van der Waals surface area contributed by atoms with Gasteiger partial charge in [0.2, 0.25) is 0 Å². The lowest BCUT2D eigenvalue weighted by molar-refractivity contribution is 0.0421. The number of hydrogen-bond acceptors (Lipinski definition) is 4. The zero-order valence-electron chi connectivity index (χ0n) is 20.2. The highest BCUT2D eigenvalue weighted by molar-refractivity contribution is 5.98. The number of nitriles is 1. The molecule has 2 fully saturated rings. The van der Waals surface area contributed by atoms with E-state index in [1.165, 1.54) is 0 Å². The van der Waals surface area contributed by atoms with Crippen molar-refractivity contribution >= 4 is 17.6 Å². The van der Waals surface area contributed by atoms with Crippen LogP contribution in [-0.4, -0.2) is 49.2 Å². The molecule has 2 saturated heterocycles. The molecule has 1 unspecified atom stereocenters. The molecule has 4 rings (SSSR count). The third kappa shape index (κ3) is 5.63. The number of nitrogens with zero attached hydrogens (tertiary/aromatic N) is 2. The second kappa shape index (κ2) is 10.4. The van der Waals surface area contributed by atoms with Gasteiger partial charge in [-0.3, -0.25) is 4.79 Å². The molecule has 0 aromatic heterocycles. The molecular formula is C27H31FN4O3. The lowest BCUT2D eigenvalue weighted by atomic mass is 9.85. The third-order valence-corrected chi connectivity index (χ3v) is 6.94. The Morgan fingerprint density at radius 2 is 1.89 bits per heavy atom. The number of carbonyl (C=O) groups excluding carboxylic acids is 2. The number of likely N-dealkylation sites (tertiary alicyclic amines) is 1. The van der Waals surface area contributed by atoms with Crippen LogP contribution in [0, 0.1) is 25.2 Å². The van der Waals surface area contributed by atoms with Crippen LogP contribution < -0.4 is 10.6 Å². The molecule has 2 aromatic rings. The van der Waals surface area contributed by atoms with Crippen LogP contribution in [0.5, 0.6) is 0 Å². The summed E-state index contributed by atoms with van der Waals surface area (Å²) >= 11 is 0. The average Bonchev–Trinajstić information content (AvgIpc) is 3.38. The standard InChI is InChI=1S/C27H31FN4O3/c1-18-14-19(2)24(31-26(34)30-17-22-4-3-13-35-22)15-23(18)25(33)32-11-9-27(28,10-12-32)21-7-5-20(16-29)6-8-21/h5-8,14-15,22H,3-4,9-13,17H2,1-2H3,(H2,30,31,34). The van der Waals surface area contributed by atoms with Gasteiger partial charge in [0, 0.05) is 50.3 Å². The number of benzene rings is 2. The number of hydrogen-bond donors (Lipinski definition) is 2. The number of alkyl halides is 1. The predicted molar refractivity (Wildman–Crippen MR) is 131 cm³/mol. The van der Waals surface area contributed by atoms with Crippen molar-refractivity contribution < 1.29 is 18.7 Å². The van der Waals surface area contributed by atoms with Crippen molar-refractivity contribution in [2.45, 2.75) is 51.3 Å². The summed E-state index contributed by atoms with van der Waals surface area (Å²) in [6, 6.07) is 11.8. The first-order valence-electron chi connectivity index (χ1n) is 12.1. The molecule has 2 heterocycles. The number of piperidine rings is 1. The summed E-state index contributed by atoms with van der Waals surface area (Å²) in [5, 5.41) is 14.6. The van der Waals surface area contributed by atoms with Gasteiger partial charge in [0.25, 0.3) is 5.91 Å². The molecular weight excluding hydrogens is 447 g/mol. The largest absolute Gasteiger partial charge is 0.376 e. The predicted octanol–water partition coefficient (Wildman–Crippen LogP) is 4.58. The molecule has 0 spiro atoms. The maximum atomic E-state index is 15.6. The number of halogens is 1. The van der Waals surface area contributed by atoms with Crippen molar-refractivity contribution in [3.8, 4) is 6.07 Å². The monoisotopic (exact) mass is 478 g/mol. The highest BCUT2D eigenvalue weighted by Crippen LogP contribution is 2.37. The van der Waals surface area contributed by atoms with Gasteiger partial charge in [0.05, 0.1) is 17.7 Å². The maximum Gasteiger partial charge on any atom is 0.319 e. The van der Waals surface area contributed by atoms with Crippen molar-refractivity contribution in [3.05, 3.63) is 64.2 Å². The van der Waals surface area contributed by atoms with E-state index in [1.807, 2.05) is 26.0 Å². The number of carbonyl (C=O) groups is 2. The summed E-state index contributed by atoms with van der Waals surface area (Å²) in [6.07, 6.45) is 2.36. The Morgan fingerprint density at radius 3 is 2.51 bits per heavy atom. The first kappa shape index (κ1) is 24.7. The molecule has 2 aliphatic heterocycles. The summed E-state index contributed by atoms with van der Waals surface area (Å²) in [5.41, 5.74) is 2.23. The van der Waals surface area contributed by atoms with Crippen LogP contribution in [0.25, 0.3) is 0 Å². The minimum atomic E-state index is -1.53. The minimum absolute atomic E-state index is 0.0445. The Balaban J connectivity index is 1.40. The Labute approximate surface area is 205 Å². The van der Waals surface area contributed by atoms with Crippen LogP contribution in [0.15, 0.2) is 36.4 Å². The van der Waals surface area contributed by atoms with Gasteiger partial charge >= 0.3 is 6.03 Å². The van der Waals surface area contributed by atoms with Gasteiger partial charge in [-0.05, 0) is 61.6 Å². The van der Waals surface area contributed by atoms with Gasteiger partial charge < -0.3 is 20.3 Å². The van der Waals surface area contributed by atoms with E-state index >= 15 is 4.39 Å². The van der Waals surface area contributed by atoms with E-state index in [0.29, 0.717) is 28.9 Å². The van der Waals surface area contributed by atoms with Crippen molar-refractivity contribution in [3.63, 3.8) is 0 Å². The zero-order chi connectivity index (χ0) is 25.0. The number of anilines is 1. The Kier molecular flexibility index (Phi) is 7.37. The number of nitrogens with one attached hydrogen (secondary N) is 2. The van der Waals surface area contributed by atoms with Crippen LogP contribution >= 0.6 is 0 Å². The molecule has 1 atom stereocenters. The third-order valence-electron chi connectivity index (χ3n) is 6.94. The van der Waals surface area contributed by atoms with Gasteiger partial charge in [0.15, 0.2) is 0 Å². The molecule has 2 aliphatic rings. The molecule has 3 amide bonds. The fraction of sp³-hybridized carbons (Fsp3) is 0.444. The highest BCUT2D eigenvalue weighted by atomic mass is 19.1. The molecule has 7 nitrogen and oxygen atoms in total. The molecule has 0 saturated carbocycles. The van der Waals surface area contributed by atoms with Gasteiger partial charge in [-0.1, -0.05) is 18.2 Å². The number of rotatable bonds is 5. The molecule has 0 bridgehead atoms. The van der Waals surface area contributed by atoms with Crippen molar-refractivity contribution in [1.82, 2.24) is 10.2 Å². The van der Waals surface area contributed by atoms with Crippen LogP contribution in [-0.2, 0) is 10.4 Å². The average molecular weight is 479 g/mol. The lowest BCUT2D eigenvalue weighted by Gasteiger charge is -2.37. The van der Waals surface area contributed by atoms with Gasteiger partial charge in [-0.15, -0.1) is 0 Å². The number of ether oxygens (including phenoxy) is 1. The summed E-state index contributed by atoms with van der Waals surface area (Å²) in [6.45, 7) is 5.49. The van der Waals surface area contributed by atoms with Crippen molar-refractivity contribution in [2.24, 2.45) is 0 Å². The first-order valence-corrected chi connectivity index (χ1v) is 12.1. The molecule has 184 valence electrons. The van der Waals surface area contributed by atoms with Gasteiger partial charge in [-0.2, -0.15) is 5.26 Å². The Hall–Kier alpha value is -3.44. The normalized spacial score (nSPS) is 19.1. The summed E-state index contributed by atoms with van der Waals surface area (Å²) in [7, 11) is 0. The second-order valence-corrected chi connectivity index (χ2v) is 9.40. The first-order chi connectivity index (χ1) is 16.8. The van der Waals surface area contributed by atoms with E-state index in [1.54, 1.807) is 35.2 Å². The zero-order valence-corrected chi connectivity index (χ0v) is 20.2. The quantitative estimate of drug-likeness (QED) is 0.658. The SMILES string of the molecule is Cc1cc(C)c(C(=O)N2CCC(F)(c3ccc(C#N)cc3)CC2)cc1NC(=O)NCC1CCCO1. The topological polar surface area (TPSA) is 94.5 Å². The van der Waals surface area contributed by atoms with Gasteiger partial charge in [-0.25, -0.2) is 9.18 Å². The molecule has 2 N–H and O–H groups in total. The Morgan fingerprint density at radius 1 is 1.17 bits per heavy atom. The van der Waals surface area contributed by atoms with E-state index in [4.69, 9.17) is 10.00 Å². The molecule has 0 radical (unpaired) electrons. The van der Waals surface area contributed by atoms with Crippen molar-refractivity contribution in [2.75, 3.05) is 31.6 Å². The molecule has 8 heteroatoms.